The van der Waals surface area contributed by atoms with E-state index >= 15 is 0 Å². The van der Waals surface area contributed by atoms with Gasteiger partial charge in [0.05, 0.1) is 18.3 Å². The van der Waals surface area contributed by atoms with E-state index in [1.807, 2.05) is 0 Å². The Morgan fingerprint density at radius 3 is 2.88 bits per heavy atom. The fourth-order valence-corrected chi connectivity index (χ4v) is 1.27. The lowest BCUT2D eigenvalue weighted by Gasteiger charge is -1.96. The Morgan fingerprint density at radius 2 is 2.31 bits per heavy atom. The Hall–Kier alpha value is -2.51. The van der Waals surface area contributed by atoms with E-state index in [9.17, 15) is 14.9 Å². The first kappa shape index (κ1) is 10.0. The molecule has 8 nitrogen and oxygen atoms in total. The lowest BCUT2D eigenvalue weighted by atomic mass is 10.3. The number of nitro groups is 1. The standard InChI is InChI=1S/C8H7N5O3/c1-11-5-6(7(10-11)13(15)16)8(14)12-4-2-3-9-12/h2-5H,1H3. The summed E-state index contributed by atoms with van der Waals surface area (Å²) in [4.78, 5) is 21.7. The fraction of sp³-hybridized carbons (Fsp3) is 0.125. The lowest BCUT2D eigenvalue weighted by molar-refractivity contribution is -0.390. The molecule has 0 radical (unpaired) electrons. The highest BCUT2D eigenvalue weighted by Gasteiger charge is 2.26. The number of nitrogens with zero attached hydrogens (tertiary/aromatic N) is 5. The smallest absolute Gasteiger partial charge is 0.358 e. The maximum absolute atomic E-state index is 11.8. The highest BCUT2D eigenvalue weighted by atomic mass is 16.6. The lowest BCUT2D eigenvalue weighted by Crippen LogP contribution is -2.13. The molecule has 0 aromatic carbocycles. The zero-order valence-corrected chi connectivity index (χ0v) is 8.27. The van der Waals surface area contributed by atoms with Crippen LogP contribution >= 0.6 is 0 Å². The van der Waals surface area contributed by atoms with Gasteiger partial charge >= 0.3 is 5.82 Å². The average Bonchev–Trinajstić information content (AvgIpc) is 2.84. The van der Waals surface area contributed by atoms with Crippen molar-refractivity contribution in [3.05, 3.63) is 40.3 Å². The molecule has 0 atom stereocenters. The van der Waals surface area contributed by atoms with Crippen molar-refractivity contribution in [2.75, 3.05) is 0 Å². The highest BCUT2D eigenvalue weighted by molar-refractivity contribution is 5.98. The first-order valence-corrected chi connectivity index (χ1v) is 4.32. The van der Waals surface area contributed by atoms with Crippen LogP contribution in [0, 0.1) is 10.1 Å². The maximum atomic E-state index is 11.8. The molecule has 0 fully saturated rings. The zero-order chi connectivity index (χ0) is 11.7. The molecule has 2 heterocycles. The van der Waals surface area contributed by atoms with E-state index in [2.05, 4.69) is 10.2 Å². The predicted octanol–water partition coefficient (Wildman–Crippen LogP) is 0.213. The van der Waals surface area contributed by atoms with E-state index in [0.717, 1.165) is 4.68 Å². The number of carbonyl (C=O) groups excluding carboxylic acids is 1. The fourth-order valence-electron chi connectivity index (χ4n) is 1.27. The molecule has 16 heavy (non-hydrogen) atoms. The summed E-state index contributed by atoms with van der Waals surface area (Å²) < 4.78 is 2.24. The van der Waals surface area contributed by atoms with Crippen molar-refractivity contribution in [3.63, 3.8) is 0 Å². The van der Waals surface area contributed by atoms with Gasteiger partial charge in [-0.25, -0.2) is 4.68 Å². The molecule has 82 valence electrons. The van der Waals surface area contributed by atoms with Gasteiger partial charge in [0.2, 0.25) is 0 Å². The zero-order valence-electron chi connectivity index (χ0n) is 8.27. The van der Waals surface area contributed by atoms with E-state index < -0.39 is 16.6 Å². The summed E-state index contributed by atoms with van der Waals surface area (Å²) in [5.41, 5.74) is -0.0869. The second kappa shape index (κ2) is 3.57. The van der Waals surface area contributed by atoms with Gasteiger partial charge in [-0.2, -0.15) is 9.78 Å². The van der Waals surface area contributed by atoms with Crippen molar-refractivity contribution < 1.29 is 9.72 Å². The van der Waals surface area contributed by atoms with Crippen LogP contribution in [-0.2, 0) is 7.05 Å². The third kappa shape index (κ3) is 1.56. The first-order valence-electron chi connectivity index (χ1n) is 4.32. The number of rotatable bonds is 2. The van der Waals surface area contributed by atoms with Crippen LogP contribution in [0.4, 0.5) is 5.82 Å². The topological polar surface area (TPSA) is 95.8 Å². The van der Waals surface area contributed by atoms with Crippen LogP contribution in [0.15, 0.2) is 24.7 Å². The van der Waals surface area contributed by atoms with Gasteiger partial charge in [0, 0.05) is 12.4 Å². The predicted molar refractivity (Wildman–Crippen MR) is 51.8 cm³/mol. The first-order chi connectivity index (χ1) is 7.59. The average molecular weight is 221 g/mol. The largest absolute Gasteiger partial charge is 0.402 e. The SMILES string of the molecule is Cn1cc(C(=O)n2cccn2)c([N+](=O)[O-])n1. The van der Waals surface area contributed by atoms with Crippen LogP contribution in [0.5, 0.6) is 0 Å². The summed E-state index contributed by atoms with van der Waals surface area (Å²) in [7, 11) is 1.51. The van der Waals surface area contributed by atoms with Gasteiger partial charge in [0.15, 0.2) is 5.56 Å². The minimum absolute atomic E-state index is 0.0869. The molecule has 2 rings (SSSR count). The Morgan fingerprint density at radius 1 is 1.56 bits per heavy atom. The van der Waals surface area contributed by atoms with E-state index in [1.54, 1.807) is 6.07 Å². The van der Waals surface area contributed by atoms with Crippen molar-refractivity contribution in [1.82, 2.24) is 19.6 Å². The summed E-state index contributed by atoms with van der Waals surface area (Å²) in [5, 5.41) is 18.0. The van der Waals surface area contributed by atoms with Crippen LogP contribution in [-0.4, -0.2) is 30.4 Å². The molecule has 0 bridgehead atoms. The minimum atomic E-state index is -0.698. The monoisotopic (exact) mass is 221 g/mol. The molecule has 0 spiro atoms. The number of aromatic nitrogens is 4. The Kier molecular flexibility index (Phi) is 2.24. The second-order valence-corrected chi connectivity index (χ2v) is 3.05. The summed E-state index contributed by atoms with van der Waals surface area (Å²) in [6, 6.07) is 1.56. The Labute approximate surface area is 89.2 Å². The molecule has 8 heteroatoms. The van der Waals surface area contributed by atoms with Crippen LogP contribution in [0.1, 0.15) is 10.4 Å². The van der Waals surface area contributed by atoms with Gasteiger partial charge in [0.1, 0.15) is 0 Å². The normalized spacial score (nSPS) is 10.3. The number of aryl methyl sites for hydroxylation is 1. The molecule has 0 saturated heterocycles. The van der Waals surface area contributed by atoms with Crippen molar-refractivity contribution in [1.29, 1.82) is 0 Å². The van der Waals surface area contributed by atoms with Gasteiger partial charge in [-0.3, -0.25) is 4.79 Å². The molecule has 0 aliphatic rings. The molecule has 0 N–H and O–H groups in total. The van der Waals surface area contributed by atoms with Crippen LogP contribution < -0.4 is 0 Å². The van der Waals surface area contributed by atoms with Gasteiger partial charge in [-0.1, -0.05) is 0 Å². The Balaban J connectivity index is 2.48. The quantitative estimate of drug-likeness (QED) is 0.533. The van der Waals surface area contributed by atoms with E-state index in [4.69, 9.17) is 0 Å². The molecule has 0 unspecified atom stereocenters. The third-order valence-electron chi connectivity index (χ3n) is 1.93. The van der Waals surface area contributed by atoms with Gasteiger partial charge < -0.3 is 10.1 Å². The van der Waals surface area contributed by atoms with Crippen LogP contribution in [0.25, 0.3) is 0 Å². The summed E-state index contributed by atoms with van der Waals surface area (Å²) in [5.74, 6) is -1.05. The molecule has 0 amide bonds. The molecule has 0 aliphatic carbocycles. The molecule has 2 aromatic rings. The molecule has 0 saturated carbocycles. The number of hydrogen-bond acceptors (Lipinski definition) is 5. The van der Waals surface area contributed by atoms with E-state index in [0.29, 0.717) is 0 Å². The summed E-state index contributed by atoms with van der Waals surface area (Å²) in [6.45, 7) is 0. The number of hydrogen-bond donors (Lipinski definition) is 0. The van der Waals surface area contributed by atoms with Crippen molar-refractivity contribution in [2.45, 2.75) is 0 Å². The van der Waals surface area contributed by atoms with Gasteiger partial charge in [-0.05, 0) is 11.0 Å². The summed E-state index contributed by atoms with van der Waals surface area (Å²) in [6.07, 6.45) is 4.13. The second-order valence-electron chi connectivity index (χ2n) is 3.05. The van der Waals surface area contributed by atoms with E-state index in [-0.39, 0.29) is 5.56 Å². The van der Waals surface area contributed by atoms with Gasteiger partial charge in [0.25, 0.3) is 5.91 Å². The summed E-state index contributed by atoms with van der Waals surface area (Å²) >= 11 is 0. The maximum Gasteiger partial charge on any atom is 0.402 e. The van der Waals surface area contributed by atoms with Gasteiger partial charge in [-0.15, -0.1) is 0 Å². The van der Waals surface area contributed by atoms with Crippen molar-refractivity contribution >= 4 is 11.7 Å². The molecular formula is C8H7N5O3. The van der Waals surface area contributed by atoms with Crippen LogP contribution in [0.2, 0.25) is 0 Å². The van der Waals surface area contributed by atoms with Crippen LogP contribution in [0.3, 0.4) is 0 Å². The van der Waals surface area contributed by atoms with Crippen molar-refractivity contribution in [2.24, 2.45) is 7.05 Å². The molecule has 0 aliphatic heterocycles. The highest BCUT2D eigenvalue weighted by Crippen LogP contribution is 2.16. The third-order valence-corrected chi connectivity index (χ3v) is 1.93. The molecular weight excluding hydrogens is 214 g/mol. The van der Waals surface area contributed by atoms with Crippen molar-refractivity contribution in [3.8, 4) is 0 Å². The number of carbonyl (C=O) groups is 1. The molecule has 2 aromatic heterocycles. The van der Waals surface area contributed by atoms with E-state index in [1.165, 1.54) is 30.3 Å². The Bertz CT molecular complexity index is 542. The minimum Gasteiger partial charge on any atom is -0.358 e.